The van der Waals surface area contributed by atoms with Crippen LogP contribution in [0.2, 0.25) is 0 Å². The summed E-state index contributed by atoms with van der Waals surface area (Å²) in [7, 11) is 0. The standard InChI is InChI=1S/C11H13FO/c12-11-4-2-1-3-10(11)8-5-6-9(13)7-8/h1-4,8-9,13H,5-7H2. The van der Waals surface area contributed by atoms with Gasteiger partial charge in [0.05, 0.1) is 6.10 Å². The Labute approximate surface area is 77.2 Å². The van der Waals surface area contributed by atoms with Crippen molar-refractivity contribution in [3.05, 3.63) is 35.6 Å². The van der Waals surface area contributed by atoms with E-state index in [0.29, 0.717) is 6.42 Å². The van der Waals surface area contributed by atoms with Gasteiger partial charge < -0.3 is 5.11 Å². The minimum atomic E-state index is -0.232. The van der Waals surface area contributed by atoms with Crippen molar-refractivity contribution in [2.24, 2.45) is 0 Å². The highest BCUT2D eigenvalue weighted by atomic mass is 19.1. The van der Waals surface area contributed by atoms with E-state index in [1.54, 1.807) is 6.07 Å². The van der Waals surface area contributed by atoms with Gasteiger partial charge in [0.2, 0.25) is 0 Å². The van der Waals surface area contributed by atoms with E-state index in [0.717, 1.165) is 18.4 Å². The number of rotatable bonds is 1. The van der Waals surface area contributed by atoms with Gasteiger partial charge in [0.15, 0.2) is 0 Å². The van der Waals surface area contributed by atoms with Crippen LogP contribution in [0, 0.1) is 5.82 Å². The molecule has 0 aromatic heterocycles. The zero-order valence-corrected chi connectivity index (χ0v) is 7.41. The summed E-state index contributed by atoms with van der Waals surface area (Å²) in [6, 6.07) is 6.85. The first kappa shape index (κ1) is 8.70. The molecule has 13 heavy (non-hydrogen) atoms. The van der Waals surface area contributed by atoms with E-state index in [2.05, 4.69) is 0 Å². The van der Waals surface area contributed by atoms with E-state index in [4.69, 9.17) is 0 Å². The van der Waals surface area contributed by atoms with Crippen LogP contribution in [-0.2, 0) is 0 Å². The van der Waals surface area contributed by atoms with Crippen molar-refractivity contribution in [2.45, 2.75) is 31.3 Å². The van der Waals surface area contributed by atoms with Crippen LogP contribution in [0.15, 0.2) is 24.3 Å². The lowest BCUT2D eigenvalue weighted by atomic mass is 9.97. The maximum Gasteiger partial charge on any atom is 0.126 e. The molecule has 1 nitrogen and oxygen atoms in total. The zero-order valence-electron chi connectivity index (χ0n) is 7.41. The average Bonchev–Trinajstić information content (AvgIpc) is 2.53. The van der Waals surface area contributed by atoms with Crippen LogP contribution >= 0.6 is 0 Å². The molecular weight excluding hydrogens is 167 g/mol. The van der Waals surface area contributed by atoms with Gasteiger partial charge in [0.25, 0.3) is 0 Å². The van der Waals surface area contributed by atoms with E-state index in [1.165, 1.54) is 6.07 Å². The number of benzene rings is 1. The van der Waals surface area contributed by atoms with Crippen LogP contribution in [0.5, 0.6) is 0 Å². The quantitative estimate of drug-likeness (QED) is 0.703. The highest BCUT2D eigenvalue weighted by Gasteiger charge is 2.25. The van der Waals surface area contributed by atoms with Crippen LogP contribution in [0.3, 0.4) is 0 Å². The van der Waals surface area contributed by atoms with Gasteiger partial charge in [-0.1, -0.05) is 18.2 Å². The monoisotopic (exact) mass is 180 g/mol. The van der Waals surface area contributed by atoms with Crippen LogP contribution in [0.4, 0.5) is 4.39 Å². The number of hydrogen-bond acceptors (Lipinski definition) is 1. The number of halogens is 1. The molecule has 1 fully saturated rings. The van der Waals surface area contributed by atoms with Gasteiger partial charge in [-0.25, -0.2) is 4.39 Å². The molecule has 1 aliphatic carbocycles. The van der Waals surface area contributed by atoms with Gasteiger partial charge in [-0.3, -0.25) is 0 Å². The van der Waals surface area contributed by atoms with Crippen LogP contribution in [-0.4, -0.2) is 11.2 Å². The molecule has 2 atom stereocenters. The topological polar surface area (TPSA) is 20.2 Å². The lowest BCUT2D eigenvalue weighted by Gasteiger charge is -2.09. The minimum absolute atomic E-state index is 0.137. The molecular formula is C11H13FO. The smallest absolute Gasteiger partial charge is 0.126 e. The third kappa shape index (κ3) is 1.73. The molecule has 0 aliphatic heterocycles. The molecule has 2 rings (SSSR count). The molecule has 1 aliphatic rings. The number of aliphatic hydroxyl groups excluding tert-OH is 1. The van der Waals surface area contributed by atoms with Gasteiger partial charge in [-0.15, -0.1) is 0 Å². The zero-order chi connectivity index (χ0) is 9.26. The van der Waals surface area contributed by atoms with Gasteiger partial charge >= 0.3 is 0 Å². The van der Waals surface area contributed by atoms with Gasteiger partial charge in [-0.2, -0.15) is 0 Å². The second kappa shape index (κ2) is 3.46. The highest BCUT2D eigenvalue weighted by molar-refractivity contribution is 5.22. The first-order valence-electron chi connectivity index (χ1n) is 4.70. The molecule has 2 unspecified atom stereocenters. The Balaban J connectivity index is 2.21. The fourth-order valence-electron chi connectivity index (χ4n) is 2.05. The molecule has 1 saturated carbocycles. The SMILES string of the molecule is OC1CCC(c2ccccc2F)C1. The molecule has 2 heteroatoms. The molecule has 0 saturated heterocycles. The van der Waals surface area contributed by atoms with Crippen molar-refractivity contribution < 1.29 is 9.50 Å². The predicted octanol–water partition coefficient (Wildman–Crippen LogP) is 2.45. The number of hydrogen-bond donors (Lipinski definition) is 1. The van der Waals surface area contributed by atoms with E-state index >= 15 is 0 Å². The normalized spacial score (nSPS) is 27.8. The summed E-state index contributed by atoms with van der Waals surface area (Å²) in [6.07, 6.45) is 2.19. The highest BCUT2D eigenvalue weighted by Crippen LogP contribution is 2.35. The maximum atomic E-state index is 13.3. The van der Waals surface area contributed by atoms with E-state index in [1.807, 2.05) is 12.1 Å². The van der Waals surface area contributed by atoms with Crippen molar-refractivity contribution in [3.63, 3.8) is 0 Å². The van der Waals surface area contributed by atoms with Crippen molar-refractivity contribution in [1.29, 1.82) is 0 Å². The summed E-state index contributed by atoms with van der Waals surface area (Å²) in [5.74, 6) is 0.0813. The number of aliphatic hydroxyl groups is 1. The molecule has 0 radical (unpaired) electrons. The first-order chi connectivity index (χ1) is 6.27. The molecule has 0 spiro atoms. The second-order valence-electron chi connectivity index (χ2n) is 3.69. The van der Waals surface area contributed by atoms with E-state index in [-0.39, 0.29) is 17.8 Å². The first-order valence-corrected chi connectivity index (χ1v) is 4.70. The third-order valence-electron chi connectivity index (χ3n) is 2.75. The van der Waals surface area contributed by atoms with Crippen molar-refractivity contribution in [2.75, 3.05) is 0 Å². The average molecular weight is 180 g/mol. The Morgan fingerprint density at radius 1 is 1.23 bits per heavy atom. The van der Waals surface area contributed by atoms with Crippen molar-refractivity contribution in [1.82, 2.24) is 0 Å². The van der Waals surface area contributed by atoms with Crippen molar-refractivity contribution in [3.8, 4) is 0 Å². The molecule has 70 valence electrons. The summed E-state index contributed by atoms with van der Waals surface area (Å²) in [5, 5.41) is 9.33. The Kier molecular flexibility index (Phi) is 2.32. The Hall–Kier alpha value is -0.890. The van der Waals surface area contributed by atoms with Crippen LogP contribution in [0.1, 0.15) is 30.7 Å². The summed E-state index contributed by atoms with van der Waals surface area (Å²) in [4.78, 5) is 0. The van der Waals surface area contributed by atoms with Crippen LogP contribution < -0.4 is 0 Å². The molecule has 1 aromatic rings. The predicted molar refractivity (Wildman–Crippen MR) is 49.0 cm³/mol. The second-order valence-corrected chi connectivity index (χ2v) is 3.69. The Morgan fingerprint density at radius 3 is 2.62 bits per heavy atom. The summed E-state index contributed by atoms with van der Waals surface area (Å²) in [5.41, 5.74) is 0.763. The summed E-state index contributed by atoms with van der Waals surface area (Å²) in [6.45, 7) is 0. The molecule has 0 bridgehead atoms. The maximum absolute atomic E-state index is 13.3. The molecule has 0 amide bonds. The van der Waals surface area contributed by atoms with Crippen molar-refractivity contribution >= 4 is 0 Å². The Bertz CT molecular complexity index is 298. The fourth-order valence-corrected chi connectivity index (χ4v) is 2.05. The molecule has 1 aromatic carbocycles. The lowest BCUT2D eigenvalue weighted by molar-refractivity contribution is 0.181. The molecule has 1 N–H and O–H groups in total. The minimum Gasteiger partial charge on any atom is -0.393 e. The lowest BCUT2D eigenvalue weighted by Crippen LogP contribution is -2.00. The van der Waals surface area contributed by atoms with Gasteiger partial charge in [-0.05, 0) is 36.8 Å². The third-order valence-corrected chi connectivity index (χ3v) is 2.75. The summed E-state index contributed by atoms with van der Waals surface area (Å²) < 4.78 is 13.3. The summed E-state index contributed by atoms with van der Waals surface area (Å²) >= 11 is 0. The van der Waals surface area contributed by atoms with Crippen LogP contribution in [0.25, 0.3) is 0 Å². The van der Waals surface area contributed by atoms with E-state index < -0.39 is 0 Å². The largest absolute Gasteiger partial charge is 0.393 e. The molecule has 0 heterocycles. The van der Waals surface area contributed by atoms with Gasteiger partial charge in [0.1, 0.15) is 5.82 Å². The fraction of sp³-hybridized carbons (Fsp3) is 0.455. The Morgan fingerprint density at radius 2 is 2.00 bits per heavy atom. The van der Waals surface area contributed by atoms with E-state index in [9.17, 15) is 9.50 Å². The van der Waals surface area contributed by atoms with Gasteiger partial charge in [0, 0.05) is 0 Å².